The first-order valence-corrected chi connectivity index (χ1v) is 17.1. The van der Waals surface area contributed by atoms with E-state index in [1.807, 2.05) is 36.4 Å². The summed E-state index contributed by atoms with van der Waals surface area (Å²) in [5.74, 6) is -5.84. The van der Waals surface area contributed by atoms with Crippen LogP contribution in [0.3, 0.4) is 0 Å². The van der Waals surface area contributed by atoms with Crippen LogP contribution in [0, 0.1) is 29.5 Å². The normalized spacial score (nSPS) is 26.8. The molecule has 4 amide bonds. The minimum atomic E-state index is -1.56. The number of halogens is 2. The number of ether oxygens (including phenoxy) is 1. The Balaban J connectivity index is 1.31. The van der Waals surface area contributed by atoms with Gasteiger partial charge in [0.05, 0.1) is 42.5 Å². The number of nitrogens with zero attached hydrogens (tertiary/aromatic N) is 2. The molecule has 9 nitrogen and oxygen atoms in total. The molecule has 4 aromatic carbocycles. The Bertz CT molecular complexity index is 2110. The average Bonchev–Trinajstić information content (AvgIpc) is 3.50. The number of aromatic hydroxyl groups is 1. The molecule has 2 heterocycles. The fourth-order valence-corrected chi connectivity index (χ4v) is 9.03. The van der Waals surface area contributed by atoms with Crippen molar-refractivity contribution in [2.24, 2.45) is 23.7 Å². The minimum Gasteiger partial charge on any atom is -0.504 e. The standard InChI is InChI=1S/C40H33ClFN3O6/c1-51-33-18-7-23(19-32(33)46)35-28-16-17-29-34(38(49)44(36(29)47)21-22-5-3-2-4-6-22)30(28)20-31-37(48)45(43-27-14-12-26(42)13-15-27)39(50)40(31,35)24-8-10-25(41)11-9-24/h2-16,18-19,29-31,34-35,43,46H,17,20-21H2,1H3. The van der Waals surface area contributed by atoms with Gasteiger partial charge in [0, 0.05) is 10.9 Å². The van der Waals surface area contributed by atoms with Crippen LogP contribution in [0.15, 0.2) is 109 Å². The van der Waals surface area contributed by atoms with Crippen LogP contribution in [0.25, 0.3) is 0 Å². The molecule has 0 spiro atoms. The first kappa shape index (κ1) is 32.7. The second-order valence-corrected chi connectivity index (χ2v) is 14.0. The molecular weight excluding hydrogens is 673 g/mol. The van der Waals surface area contributed by atoms with Gasteiger partial charge in [0.2, 0.25) is 11.8 Å². The number of carbonyl (C=O) groups excluding carboxylic acids is 4. The van der Waals surface area contributed by atoms with Crippen LogP contribution in [0.5, 0.6) is 11.5 Å². The first-order chi connectivity index (χ1) is 24.6. The van der Waals surface area contributed by atoms with Crippen LogP contribution in [0.4, 0.5) is 10.1 Å². The minimum absolute atomic E-state index is 0.110. The number of allylic oxidation sites excluding steroid dienone is 2. The molecule has 2 N–H and O–H groups in total. The number of imide groups is 2. The zero-order chi connectivity index (χ0) is 35.6. The Morgan fingerprint density at radius 3 is 2.31 bits per heavy atom. The van der Waals surface area contributed by atoms with Gasteiger partial charge in [0.1, 0.15) is 5.82 Å². The van der Waals surface area contributed by atoms with Gasteiger partial charge >= 0.3 is 0 Å². The maximum absolute atomic E-state index is 15.2. The zero-order valence-corrected chi connectivity index (χ0v) is 28.2. The quantitative estimate of drug-likeness (QED) is 0.169. The van der Waals surface area contributed by atoms with Gasteiger partial charge in [-0.05, 0) is 84.0 Å². The molecule has 0 bridgehead atoms. The Morgan fingerprint density at radius 2 is 1.63 bits per heavy atom. The van der Waals surface area contributed by atoms with E-state index in [0.29, 0.717) is 21.8 Å². The molecule has 0 aromatic heterocycles. The summed E-state index contributed by atoms with van der Waals surface area (Å²) < 4.78 is 19.2. The van der Waals surface area contributed by atoms with Gasteiger partial charge in [-0.25, -0.2) is 4.39 Å². The van der Waals surface area contributed by atoms with Gasteiger partial charge in [0.15, 0.2) is 11.5 Å². The fraction of sp³-hybridized carbons (Fsp3) is 0.250. The Morgan fingerprint density at radius 1 is 0.902 bits per heavy atom. The van der Waals surface area contributed by atoms with Crippen molar-refractivity contribution in [1.29, 1.82) is 0 Å². The number of likely N-dealkylation sites (tertiary alicyclic amines) is 1. The van der Waals surface area contributed by atoms with Gasteiger partial charge in [-0.2, -0.15) is 5.01 Å². The van der Waals surface area contributed by atoms with Crippen LogP contribution >= 0.6 is 11.6 Å². The van der Waals surface area contributed by atoms with E-state index in [0.717, 1.165) is 16.1 Å². The molecule has 51 heavy (non-hydrogen) atoms. The summed E-state index contributed by atoms with van der Waals surface area (Å²) in [5.41, 5.74) is 4.33. The lowest BCUT2D eigenvalue weighted by atomic mass is 9.49. The lowest BCUT2D eigenvalue weighted by Crippen LogP contribution is -2.53. The number of carbonyl (C=O) groups is 4. The van der Waals surface area contributed by atoms with Crippen LogP contribution < -0.4 is 10.2 Å². The Labute approximate surface area is 298 Å². The number of rotatable bonds is 7. The Kier molecular flexibility index (Phi) is 7.94. The molecule has 2 saturated heterocycles. The number of methoxy groups -OCH3 is 1. The number of hydrogen-bond donors (Lipinski definition) is 2. The third-order valence-electron chi connectivity index (χ3n) is 11.1. The van der Waals surface area contributed by atoms with Crippen molar-refractivity contribution < 1.29 is 33.4 Å². The van der Waals surface area contributed by atoms with E-state index in [-0.39, 0.29) is 42.7 Å². The van der Waals surface area contributed by atoms with E-state index in [2.05, 4.69) is 5.43 Å². The highest BCUT2D eigenvalue weighted by Gasteiger charge is 2.70. The number of fused-ring (bicyclic) bond motifs is 4. The van der Waals surface area contributed by atoms with Crippen LogP contribution in [-0.4, -0.2) is 45.8 Å². The molecule has 258 valence electrons. The molecule has 4 aromatic rings. The van der Waals surface area contributed by atoms with Crippen molar-refractivity contribution in [2.75, 3.05) is 12.5 Å². The Hall–Kier alpha value is -5.48. The molecule has 6 unspecified atom stereocenters. The summed E-state index contributed by atoms with van der Waals surface area (Å²) in [4.78, 5) is 59.5. The maximum Gasteiger partial charge on any atom is 0.260 e. The van der Waals surface area contributed by atoms with Crippen LogP contribution in [-0.2, 0) is 31.1 Å². The van der Waals surface area contributed by atoms with Gasteiger partial charge in [-0.3, -0.25) is 29.5 Å². The van der Waals surface area contributed by atoms with E-state index in [9.17, 15) is 23.9 Å². The smallest absolute Gasteiger partial charge is 0.260 e. The zero-order valence-electron chi connectivity index (χ0n) is 27.5. The van der Waals surface area contributed by atoms with Gasteiger partial charge in [-0.1, -0.05) is 71.8 Å². The highest BCUT2D eigenvalue weighted by Crippen LogP contribution is 2.64. The summed E-state index contributed by atoms with van der Waals surface area (Å²) in [7, 11) is 1.43. The second kappa shape index (κ2) is 12.4. The van der Waals surface area contributed by atoms with Crippen LogP contribution in [0.2, 0.25) is 5.02 Å². The monoisotopic (exact) mass is 705 g/mol. The van der Waals surface area contributed by atoms with Gasteiger partial charge in [0.25, 0.3) is 11.8 Å². The second-order valence-electron chi connectivity index (χ2n) is 13.6. The van der Waals surface area contributed by atoms with E-state index >= 15 is 4.79 Å². The lowest BCUT2D eigenvalue weighted by Gasteiger charge is -2.50. The van der Waals surface area contributed by atoms with Crippen molar-refractivity contribution in [2.45, 2.75) is 30.7 Å². The van der Waals surface area contributed by atoms with E-state index in [1.54, 1.807) is 36.4 Å². The predicted octanol–water partition coefficient (Wildman–Crippen LogP) is 6.38. The molecule has 3 fully saturated rings. The number of anilines is 1. The van der Waals surface area contributed by atoms with Gasteiger partial charge < -0.3 is 9.84 Å². The van der Waals surface area contributed by atoms with Crippen molar-refractivity contribution in [3.63, 3.8) is 0 Å². The number of phenolic OH excluding ortho intramolecular Hbond substituents is 1. The third kappa shape index (κ3) is 5.03. The molecule has 6 atom stereocenters. The average molecular weight is 706 g/mol. The highest BCUT2D eigenvalue weighted by molar-refractivity contribution is 6.30. The summed E-state index contributed by atoms with van der Waals surface area (Å²) in [6.45, 7) is 0.133. The molecular formula is C40H33ClFN3O6. The summed E-state index contributed by atoms with van der Waals surface area (Å²) in [6, 6.07) is 26.3. The topological polar surface area (TPSA) is 116 Å². The van der Waals surface area contributed by atoms with E-state index < -0.39 is 52.6 Å². The predicted molar refractivity (Wildman–Crippen MR) is 186 cm³/mol. The van der Waals surface area contributed by atoms with Gasteiger partial charge in [-0.15, -0.1) is 0 Å². The SMILES string of the molecule is COc1ccc(C2C3=CCC4C(=O)N(Cc5ccccc5)C(=O)C4C3CC3C(=O)N(Nc4ccc(F)cc4)C(=O)C32c2ccc(Cl)cc2)cc1O. The van der Waals surface area contributed by atoms with Crippen molar-refractivity contribution in [1.82, 2.24) is 9.91 Å². The van der Waals surface area contributed by atoms with Crippen molar-refractivity contribution >= 4 is 40.9 Å². The van der Waals surface area contributed by atoms with E-state index in [4.69, 9.17) is 16.3 Å². The maximum atomic E-state index is 15.2. The summed E-state index contributed by atoms with van der Waals surface area (Å²) in [5, 5.41) is 12.5. The number of hydrazine groups is 1. The molecule has 11 heteroatoms. The van der Waals surface area contributed by atoms with Crippen LogP contribution in [0.1, 0.15) is 35.4 Å². The fourth-order valence-electron chi connectivity index (χ4n) is 8.90. The molecule has 4 aliphatic rings. The summed E-state index contributed by atoms with van der Waals surface area (Å²) >= 11 is 6.35. The number of benzene rings is 4. The third-order valence-corrected chi connectivity index (χ3v) is 11.3. The molecule has 2 aliphatic heterocycles. The lowest BCUT2D eigenvalue weighted by molar-refractivity contribution is -0.142. The number of hydrogen-bond acceptors (Lipinski definition) is 7. The molecule has 8 rings (SSSR count). The van der Waals surface area contributed by atoms with E-state index in [1.165, 1.54) is 42.3 Å². The number of phenols is 1. The first-order valence-electron chi connectivity index (χ1n) is 16.8. The van der Waals surface area contributed by atoms with Crippen molar-refractivity contribution in [3.8, 4) is 11.5 Å². The number of amides is 4. The number of nitrogens with one attached hydrogen (secondary N) is 1. The molecule has 2 aliphatic carbocycles. The molecule has 1 saturated carbocycles. The largest absolute Gasteiger partial charge is 0.504 e. The summed E-state index contributed by atoms with van der Waals surface area (Å²) in [6.07, 6.45) is 2.33. The van der Waals surface area contributed by atoms with Crippen molar-refractivity contribution in [3.05, 3.63) is 136 Å². The molecule has 0 radical (unpaired) electrons. The highest BCUT2D eigenvalue weighted by atomic mass is 35.5.